The molecule has 0 atom stereocenters. The van der Waals surface area contributed by atoms with Crippen LogP contribution in [0.25, 0.3) is 0 Å². The van der Waals surface area contributed by atoms with Crippen LogP contribution in [0.2, 0.25) is 0 Å². The standard InChI is InChI=1S/C19H30N2O2/c20-14-6-2-1-3-9-19(22)21-17-12-10-16(11-13-17)15-23-18-7-4-5-8-18/h10-13,18H,1-9,14-15,20H2,(H,21,22). The second-order valence-corrected chi connectivity index (χ2v) is 6.42. The lowest BCUT2D eigenvalue weighted by Gasteiger charge is -2.11. The first-order valence-electron chi connectivity index (χ1n) is 8.98. The largest absolute Gasteiger partial charge is 0.374 e. The number of ether oxygens (including phenoxy) is 1. The summed E-state index contributed by atoms with van der Waals surface area (Å²) >= 11 is 0. The molecule has 0 heterocycles. The van der Waals surface area contributed by atoms with E-state index in [1.165, 1.54) is 25.7 Å². The van der Waals surface area contributed by atoms with Gasteiger partial charge in [0.15, 0.2) is 0 Å². The second kappa shape index (κ2) is 10.4. The van der Waals surface area contributed by atoms with Gasteiger partial charge in [0.25, 0.3) is 0 Å². The highest BCUT2D eigenvalue weighted by Crippen LogP contribution is 2.22. The zero-order chi connectivity index (χ0) is 16.3. The SMILES string of the molecule is NCCCCCCC(=O)Nc1ccc(COC2CCCC2)cc1. The third-order valence-electron chi connectivity index (χ3n) is 4.38. The number of nitrogens with one attached hydrogen (secondary N) is 1. The molecule has 4 heteroatoms. The molecule has 1 aliphatic rings. The fourth-order valence-electron chi connectivity index (χ4n) is 2.96. The molecule has 2 rings (SSSR count). The van der Waals surface area contributed by atoms with Gasteiger partial charge in [0.05, 0.1) is 12.7 Å². The second-order valence-electron chi connectivity index (χ2n) is 6.42. The average Bonchev–Trinajstić information content (AvgIpc) is 3.07. The highest BCUT2D eigenvalue weighted by Gasteiger charge is 2.15. The van der Waals surface area contributed by atoms with E-state index in [4.69, 9.17) is 10.5 Å². The number of hydrogen-bond acceptors (Lipinski definition) is 3. The predicted molar refractivity (Wildman–Crippen MR) is 94.3 cm³/mol. The van der Waals surface area contributed by atoms with Crippen LogP contribution >= 0.6 is 0 Å². The van der Waals surface area contributed by atoms with Gasteiger partial charge in [0, 0.05) is 12.1 Å². The topological polar surface area (TPSA) is 64.4 Å². The van der Waals surface area contributed by atoms with Crippen molar-refractivity contribution in [3.8, 4) is 0 Å². The third-order valence-corrected chi connectivity index (χ3v) is 4.38. The molecule has 0 unspecified atom stereocenters. The van der Waals surface area contributed by atoms with Crippen LogP contribution in [0.4, 0.5) is 5.69 Å². The summed E-state index contributed by atoms with van der Waals surface area (Å²) in [4.78, 5) is 11.9. The smallest absolute Gasteiger partial charge is 0.224 e. The molecule has 1 saturated carbocycles. The molecule has 0 aliphatic heterocycles. The monoisotopic (exact) mass is 318 g/mol. The highest BCUT2D eigenvalue weighted by molar-refractivity contribution is 5.90. The fraction of sp³-hybridized carbons (Fsp3) is 0.632. The first-order chi connectivity index (χ1) is 11.3. The van der Waals surface area contributed by atoms with Crippen molar-refractivity contribution in [1.29, 1.82) is 0 Å². The Labute approximate surface area is 139 Å². The summed E-state index contributed by atoms with van der Waals surface area (Å²) in [6.45, 7) is 1.41. The van der Waals surface area contributed by atoms with Gasteiger partial charge in [0.1, 0.15) is 0 Å². The summed E-state index contributed by atoms with van der Waals surface area (Å²) in [5.41, 5.74) is 7.48. The van der Waals surface area contributed by atoms with E-state index in [0.29, 0.717) is 19.1 Å². The molecule has 0 aromatic heterocycles. The summed E-state index contributed by atoms with van der Waals surface area (Å²) in [6.07, 6.45) is 10.2. The molecule has 128 valence electrons. The summed E-state index contributed by atoms with van der Waals surface area (Å²) in [7, 11) is 0. The van der Waals surface area contributed by atoms with Crippen LogP contribution < -0.4 is 11.1 Å². The molecule has 23 heavy (non-hydrogen) atoms. The lowest BCUT2D eigenvalue weighted by atomic mass is 10.1. The van der Waals surface area contributed by atoms with E-state index in [-0.39, 0.29) is 5.91 Å². The first kappa shape index (κ1) is 18.0. The molecule has 0 bridgehead atoms. The molecule has 1 amide bonds. The maximum absolute atomic E-state index is 11.9. The van der Waals surface area contributed by atoms with Crippen LogP contribution in [-0.4, -0.2) is 18.6 Å². The fourth-order valence-corrected chi connectivity index (χ4v) is 2.96. The molecular weight excluding hydrogens is 288 g/mol. The number of amides is 1. The average molecular weight is 318 g/mol. The molecule has 4 nitrogen and oxygen atoms in total. The van der Waals surface area contributed by atoms with Gasteiger partial charge in [-0.3, -0.25) is 4.79 Å². The van der Waals surface area contributed by atoms with Crippen molar-refractivity contribution in [2.75, 3.05) is 11.9 Å². The summed E-state index contributed by atoms with van der Waals surface area (Å²) in [5, 5.41) is 2.95. The molecule has 1 fully saturated rings. The number of unbranched alkanes of at least 4 members (excludes halogenated alkanes) is 3. The number of hydrogen-bond donors (Lipinski definition) is 2. The molecule has 1 aromatic rings. The Morgan fingerprint density at radius 1 is 1.09 bits per heavy atom. The van der Waals surface area contributed by atoms with Crippen LogP contribution in [-0.2, 0) is 16.1 Å². The Morgan fingerprint density at radius 2 is 1.78 bits per heavy atom. The highest BCUT2D eigenvalue weighted by atomic mass is 16.5. The van der Waals surface area contributed by atoms with Gasteiger partial charge in [-0.1, -0.05) is 37.8 Å². The van der Waals surface area contributed by atoms with Crippen molar-refractivity contribution in [2.24, 2.45) is 5.73 Å². The van der Waals surface area contributed by atoms with E-state index in [1.807, 2.05) is 24.3 Å². The molecular formula is C19H30N2O2. The Hall–Kier alpha value is -1.39. The molecule has 0 radical (unpaired) electrons. The lowest BCUT2D eigenvalue weighted by molar-refractivity contribution is -0.116. The van der Waals surface area contributed by atoms with Crippen molar-refractivity contribution in [3.63, 3.8) is 0 Å². The van der Waals surface area contributed by atoms with E-state index in [2.05, 4.69) is 5.32 Å². The van der Waals surface area contributed by atoms with Crippen molar-refractivity contribution in [2.45, 2.75) is 70.5 Å². The Balaban J connectivity index is 1.64. The molecule has 0 spiro atoms. The number of carbonyl (C=O) groups excluding carboxylic acids is 1. The van der Waals surface area contributed by atoms with Gasteiger partial charge >= 0.3 is 0 Å². The van der Waals surface area contributed by atoms with E-state index in [0.717, 1.165) is 43.5 Å². The van der Waals surface area contributed by atoms with Crippen molar-refractivity contribution < 1.29 is 9.53 Å². The summed E-state index contributed by atoms with van der Waals surface area (Å²) in [6, 6.07) is 7.98. The first-order valence-corrected chi connectivity index (χ1v) is 8.98. The Bertz CT molecular complexity index is 453. The minimum atomic E-state index is 0.0905. The Morgan fingerprint density at radius 3 is 2.48 bits per heavy atom. The van der Waals surface area contributed by atoms with Crippen LogP contribution in [0.5, 0.6) is 0 Å². The Kier molecular flexibility index (Phi) is 8.12. The number of benzene rings is 1. The number of nitrogens with two attached hydrogens (primary N) is 1. The minimum absolute atomic E-state index is 0.0905. The molecule has 3 N–H and O–H groups in total. The van der Waals surface area contributed by atoms with Crippen LogP contribution in [0, 0.1) is 0 Å². The van der Waals surface area contributed by atoms with Crippen molar-refractivity contribution >= 4 is 11.6 Å². The van der Waals surface area contributed by atoms with Crippen LogP contribution in [0.3, 0.4) is 0 Å². The van der Waals surface area contributed by atoms with Gasteiger partial charge < -0.3 is 15.8 Å². The van der Waals surface area contributed by atoms with Crippen molar-refractivity contribution in [3.05, 3.63) is 29.8 Å². The molecule has 1 aromatic carbocycles. The van der Waals surface area contributed by atoms with E-state index < -0.39 is 0 Å². The lowest BCUT2D eigenvalue weighted by Crippen LogP contribution is -2.11. The normalized spacial score (nSPS) is 15.0. The number of carbonyl (C=O) groups is 1. The van der Waals surface area contributed by atoms with E-state index in [1.54, 1.807) is 0 Å². The zero-order valence-electron chi connectivity index (χ0n) is 14.1. The number of rotatable bonds is 10. The third kappa shape index (κ3) is 7.14. The maximum atomic E-state index is 11.9. The maximum Gasteiger partial charge on any atom is 0.224 e. The van der Waals surface area contributed by atoms with Crippen molar-refractivity contribution in [1.82, 2.24) is 0 Å². The minimum Gasteiger partial charge on any atom is -0.374 e. The van der Waals surface area contributed by atoms with Gasteiger partial charge in [-0.2, -0.15) is 0 Å². The van der Waals surface area contributed by atoms with Gasteiger partial charge in [-0.25, -0.2) is 0 Å². The van der Waals surface area contributed by atoms with E-state index in [9.17, 15) is 4.79 Å². The van der Waals surface area contributed by atoms with Gasteiger partial charge in [-0.05, 0) is 49.9 Å². The predicted octanol–water partition coefficient (Wildman–Crippen LogP) is 3.99. The van der Waals surface area contributed by atoms with Crippen LogP contribution in [0.15, 0.2) is 24.3 Å². The molecule has 1 aliphatic carbocycles. The summed E-state index contributed by atoms with van der Waals surface area (Å²) < 4.78 is 5.90. The van der Waals surface area contributed by atoms with E-state index >= 15 is 0 Å². The summed E-state index contributed by atoms with van der Waals surface area (Å²) in [5.74, 6) is 0.0905. The van der Waals surface area contributed by atoms with Gasteiger partial charge in [0.2, 0.25) is 5.91 Å². The van der Waals surface area contributed by atoms with Gasteiger partial charge in [-0.15, -0.1) is 0 Å². The zero-order valence-corrected chi connectivity index (χ0v) is 14.1. The quantitative estimate of drug-likeness (QED) is 0.641. The van der Waals surface area contributed by atoms with Crippen LogP contribution in [0.1, 0.15) is 63.4 Å². The number of anilines is 1. The molecule has 0 saturated heterocycles.